The fourth-order valence-electron chi connectivity index (χ4n) is 3.57. The molecule has 4 rings (SSSR count). The summed E-state index contributed by atoms with van der Waals surface area (Å²) in [4.78, 5) is 12.4. The standard InChI is InChI=1S/C27H30N6O2S/c1-27(2,3)20-10-8-19(9-11-20)25-30-31-26(33(25)21-12-14-23(35-5)15-13-21)36-18-24(34)29-28-17-22-7-6-16-32(22)4/h6-17H,18H2,1-5H3,(H,29,34)/b28-17+. The van der Waals surface area contributed by atoms with E-state index in [1.807, 2.05) is 58.8 Å². The maximum atomic E-state index is 12.4. The van der Waals surface area contributed by atoms with Gasteiger partial charge in [-0.25, -0.2) is 5.43 Å². The van der Waals surface area contributed by atoms with E-state index in [1.54, 1.807) is 13.3 Å². The van der Waals surface area contributed by atoms with Crippen LogP contribution in [0.5, 0.6) is 5.75 Å². The third kappa shape index (κ3) is 5.85. The van der Waals surface area contributed by atoms with E-state index < -0.39 is 0 Å². The summed E-state index contributed by atoms with van der Waals surface area (Å²) in [5.74, 6) is 1.37. The van der Waals surface area contributed by atoms with Gasteiger partial charge in [0.05, 0.1) is 24.8 Å². The smallest absolute Gasteiger partial charge is 0.250 e. The van der Waals surface area contributed by atoms with Crippen LogP contribution >= 0.6 is 11.8 Å². The highest BCUT2D eigenvalue weighted by Gasteiger charge is 2.19. The molecular weight excluding hydrogens is 472 g/mol. The minimum atomic E-state index is -0.231. The van der Waals surface area contributed by atoms with Gasteiger partial charge in [-0.1, -0.05) is 56.8 Å². The number of nitrogens with zero attached hydrogens (tertiary/aromatic N) is 5. The van der Waals surface area contributed by atoms with E-state index in [9.17, 15) is 4.79 Å². The number of hydrogen-bond donors (Lipinski definition) is 1. The molecule has 9 heteroatoms. The molecule has 36 heavy (non-hydrogen) atoms. The molecule has 0 bridgehead atoms. The van der Waals surface area contributed by atoms with Crippen LogP contribution in [0.15, 0.2) is 77.1 Å². The van der Waals surface area contributed by atoms with Crippen molar-refractivity contribution < 1.29 is 9.53 Å². The number of ether oxygens (including phenoxy) is 1. The molecule has 0 saturated carbocycles. The summed E-state index contributed by atoms with van der Waals surface area (Å²) >= 11 is 1.30. The van der Waals surface area contributed by atoms with Crippen molar-refractivity contribution >= 4 is 23.9 Å². The Bertz CT molecular complexity index is 1350. The van der Waals surface area contributed by atoms with Gasteiger partial charge >= 0.3 is 0 Å². The average Bonchev–Trinajstić information content (AvgIpc) is 3.48. The first-order valence-corrected chi connectivity index (χ1v) is 12.5. The first kappa shape index (κ1) is 25.2. The molecule has 8 nitrogen and oxygen atoms in total. The molecule has 0 fully saturated rings. The van der Waals surface area contributed by atoms with Crippen molar-refractivity contribution in [3.8, 4) is 22.8 Å². The number of nitrogens with one attached hydrogen (secondary N) is 1. The predicted molar refractivity (Wildman–Crippen MR) is 144 cm³/mol. The molecule has 2 aromatic carbocycles. The van der Waals surface area contributed by atoms with Gasteiger partial charge < -0.3 is 9.30 Å². The van der Waals surface area contributed by atoms with E-state index in [1.165, 1.54) is 17.3 Å². The zero-order valence-electron chi connectivity index (χ0n) is 21.1. The Kier molecular flexibility index (Phi) is 7.59. The molecule has 2 heterocycles. The lowest BCUT2D eigenvalue weighted by atomic mass is 9.87. The second kappa shape index (κ2) is 10.8. The second-order valence-electron chi connectivity index (χ2n) is 9.29. The van der Waals surface area contributed by atoms with Gasteiger partial charge in [-0.05, 0) is 47.4 Å². The lowest BCUT2D eigenvalue weighted by Crippen LogP contribution is -2.20. The van der Waals surface area contributed by atoms with Crippen LogP contribution in [-0.4, -0.2) is 44.3 Å². The van der Waals surface area contributed by atoms with Gasteiger partial charge in [0.2, 0.25) is 0 Å². The zero-order chi connectivity index (χ0) is 25.7. The molecule has 0 unspecified atom stereocenters. The van der Waals surface area contributed by atoms with Gasteiger partial charge in [-0.2, -0.15) is 5.10 Å². The normalized spacial score (nSPS) is 11.7. The molecule has 4 aromatic rings. The van der Waals surface area contributed by atoms with E-state index in [2.05, 4.69) is 65.8 Å². The van der Waals surface area contributed by atoms with Crippen molar-refractivity contribution in [1.29, 1.82) is 0 Å². The molecule has 0 aliphatic rings. The lowest BCUT2D eigenvalue weighted by Gasteiger charge is -2.19. The minimum Gasteiger partial charge on any atom is -0.497 e. The fourth-order valence-corrected chi connectivity index (χ4v) is 4.32. The number of carbonyl (C=O) groups is 1. The quantitative estimate of drug-likeness (QED) is 0.212. The van der Waals surface area contributed by atoms with Gasteiger partial charge in [0.1, 0.15) is 5.75 Å². The number of methoxy groups -OCH3 is 1. The molecule has 1 N–H and O–H groups in total. The lowest BCUT2D eigenvalue weighted by molar-refractivity contribution is -0.118. The van der Waals surface area contributed by atoms with E-state index in [4.69, 9.17) is 4.74 Å². The van der Waals surface area contributed by atoms with Gasteiger partial charge in [0.25, 0.3) is 5.91 Å². The first-order valence-electron chi connectivity index (χ1n) is 11.5. The monoisotopic (exact) mass is 502 g/mol. The van der Waals surface area contributed by atoms with Gasteiger partial charge in [0, 0.05) is 24.5 Å². The van der Waals surface area contributed by atoms with Crippen LogP contribution in [0.2, 0.25) is 0 Å². The van der Waals surface area contributed by atoms with Crippen LogP contribution in [0.3, 0.4) is 0 Å². The fraction of sp³-hybridized carbons (Fsp3) is 0.259. The molecule has 0 aliphatic heterocycles. The second-order valence-corrected chi connectivity index (χ2v) is 10.2. The van der Waals surface area contributed by atoms with Crippen molar-refractivity contribution in [3.63, 3.8) is 0 Å². The number of carbonyl (C=O) groups excluding carboxylic acids is 1. The summed E-state index contributed by atoms with van der Waals surface area (Å²) in [6, 6.07) is 19.9. The Morgan fingerprint density at radius 1 is 1.08 bits per heavy atom. The number of aromatic nitrogens is 4. The average molecular weight is 503 g/mol. The van der Waals surface area contributed by atoms with E-state index >= 15 is 0 Å². The van der Waals surface area contributed by atoms with E-state index in [0.717, 1.165) is 22.7 Å². The van der Waals surface area contributed by atoms with Crippen molar-refractivity contribution in [2.45, 2.75) is 31.3 Å². The molecule has 2 aromatic heterocycles. The Labute approximate surface area is 215 Å². The number of thioether (sulfide) groups is 1. The summed E-state index contributed by atoms with van der Waals surface area (Å²) in [6.45, 7) is 6.56. The maximum absolute atomic E-state index is 12.4. The van der Waals surface area contributed by atoms with Crippen LogP contribution < -0.4 is 10.2 Å². The van der Waals surface area contributed by atoms with Crippen LogP contribution in [0.4, 0.5) is 0 Å². The van der Waals surface area contributed by atoms with E-state index in [-0.39, 0.29) is 17.1 Å². The van der Waals surface area contributed by atoms with E-state index in [0.29, 0.717) is 11.0 Å². The molecule has 0 spiro atoms. The molecule has 1 amide bonds. The Morgan fingerprint density at radius 2 is 1.81 bits per heavy atom. The number of aryl methyl sites for hydroxylation is 1. The van der Waals surface area contributed by atoms with Gasteiger partial charge in [-0.3, -0.25) is 9.36 Å². The number of hydrazone groups is 1. The zero-order valence-corrected chi connectivity index (χ0v) is 21.9. The number of amides is 1. The van der Waals surface area contributed by atoms with Gasteiger partial charge in [0.15, 0.2) is 11.0 Å². The summed E-state index contributed by atoms with van der Waals surface area (Å²) in [5, 5.41) is 13.5. The van der Waals surface area contributed by atoms with Crippen molar-refractivity contribution in [3.05, 3.63) is 78.1 Å². The summed E-state index contributed by atoms with van der Waals surface area (Å²) in [6.07, 6.45) is 3.53. The molecule has 0 saturated heterocycles. The highest BCUT2D eigenvalue weighted by atomic mass is 32.2. The SMILES string of the molecule is COc1ccc(-n2c(SCC(=O)N/N=C/c3cccn3C)nnc2-c2ccc(C(C)(C)C)cc2)cc1. The number of rotatable bonds is 8. The van der Waals surface area contributed by atoms with Gasteiger partial charge in [-0.15, -0.1) is 10.2 Å². The Balaban J connectivity index is 1.57. The third-order valence-electron chi connectivity index (χ3n) is 5.68. The summed E-state index contributed by atoms with van der Waals surface area (Å²) in [5.41, 5.74) is 6.58. The number of benzene rings is 2. The Hall–Kier alpha value is -3.85. The van der Waals surface area contributed by atoms with Crippen molar-refractivity contribution in [2.24, 2.45) is 12.1 Å². The highest BCUT2D eigenvalue weighted by Crippen LogP contribution is 2.30. The molecule has 0 radical (unpaired) electrons. The molecule has 0 aliphatic carbocycles. The Morgan fingerprint density at radius 3 is 2.42 bits per heavy atom. The largest absolute Gasteiger partial charge is 0.497 e. The number of hydrogen-bond acceptors (Lipinski definition) is 6. The maximum Gasteiger partial charge on any atom is 0.250 e. The van der Waals surface area contributed by atoms with Crippen LogP contribution in [0.1, 0.15) is 32.0 Å². The molecule has 186 valence electrons. The molecular formula is C27H30N6O2S. The predicted octanol–water partition coefficient (Wildman–Crippen LogP) is 4.82. The summed E-state index contributed by atoms with van der Waals surface area (Å²) in [7, 11) is 3.55. The third-order valence-corrected chi connectivity index (χ3v) is 6.60. The van der Waals surface area contributed by atoms with Crippen molar-refractivity contribution in [1.82, 2.24) is 24.8 Å². The molecule has 0 atom stereocenters. The van der Waals surface area contributed by atoms with Crippen LogP contribution in [-0.2, 0) is 17.3 Å². The summed E-state index contributed by atoms with van der Waals surface area (Å²) < 4.78 is 9.18. The topological polar surface area (TPSA) is 86.3 Å². The van der Waals surface area contributed by atoms with Crippen LogP contribution in [0.25, 0.3) is 17.1 Å². The highest BCUT2D eigenvalue weighted by molar-refractivity contribution is 7.99. The minimum absolute atomic E-state index is 0.0548. The first-order chi connectivity index (χ1) is 17.3. The van der Waals surface area contributed by atoms with Crippen LogP contribution in [0, 0.1) is 0 Å². The van der Waals surface area contributed by atoms with Crippen molar-refractivity contribution in [2.75, 3.05) is 12.9 Å².